The molecule has 2 N–H and O–H groups in total. The molecule has 2 aromatic rings. The van der Waals surface area contributed by atoms with Gasteiger partial charge >= 0.3 is 12.1 Å². The molecular formula is C19H16BrNO4. The Labute approximate surface area is 154 Å². The molecule has 0 aliphatic carbocycles. The highest BCUT2D eigenvalue weighted by atomic mass is 79.9. The lowest BCUT2D eigenvalue weighted by molar-refractivity contribution is 0.0696. The van der Waals surface area contributed by atoms with E-state index in [-0.39, 0.29) is 12.2 Å². The molecule has 5 nitrogen and oxygen atoms in total. The average molecular weight is 402 g/mol. The van der Waals surface area contributed by atoms with Gasteiger partial charge in [-0.25, -0.2) is 9.59 Å². The molecule has 0 heterocycles. The quantitative estimate of drug-likeness (QED) is 0.589. The third-order valence-corrected chi connectivity index (χ3v) is 3.66. The maximum absolute atomic E-state index is 11.6. The molecule has 2 aromatic carbocycles. The average Bonchev–Trinajstić information content (AvgIpc) is 2.60. The van der Waals surface area contributed by atoms with Gasteiger partial charge in [-0.15, -0.1) is 0 Å². The van der Waals surface area contributed by atoms with E-state index in [1.807, 2.05) is 30.3 Å². The number of ether oxygens (including phenoxy) is 1. The molecule has 0 fully saturated rings. The van der Waals surface area contributed by atoms with Crippen molar-refractivity contribution in [3.8, 4) is 11.8 Å². The number of alkyl carbamates (subject to hydrolysis) is 1. The van der Waals surface area contributed by atoms with Gasteiger partial charge in [-0.05, 0) is 23.8 Å². The van der Waals surface area contributed by atoms with Crippen molar-refractivity contribution in [2.45, 2.75) is 13.0 Å². The van der Waals surface area contributed by atoms with E-state index in [0.29, 0.717) is 18.5 Å². The number of benzene rings is 2. The summed E-state index contributed by atoms with van der Waals surface area (Å²) in [4.78, 5) is 22.7. The number of hydrogen-bond donors (Lipinski definition) is 2. The van der Waals surface area contributed by atoms with Crippen LogP contribution in [-0.4, -0.2) is 23.7 Å². The summed E-state index contributed by atoms with van der Waals surface area (Å²) in [6, 6.07) is 14.2. The second-order valence-corrected chi connectivity index (χ2v) is 5.95. The topological polar surface area (TPSA) is 75.6 Å². The third kappa shape index (κ3) is 6.32. The van der Waals surface area contributed by atoms with Gasteiger partial charge in [-0.3, -0.25) is 0 Å². The highest BCUT2D eigenvalue weighted by Gasteiger charge is 2.08. The van der Waals surface area contributed by atoms with E-state index in [4.69, 9.17) is 9.84 Å². The highest BCUT2D eigenvalue weighted by Crippen LogP contribution is 2.16. The second kappa shape index (κ2) is 9.50. The lowest BCUT2D eigenvalue weighted by atomic mass is 10.1. The fraction of sp³-hybridized carbons (Fsp3) is 0.158. The van der Waals surface area contributed by atoms with Crippen LogP contribution in [0.5, 0.6) is 0 Å². The highest BCUT2D eigenvalue weighted by molar-refractivity contribution is 9.10. The number of nitrogens with one attached hydrogen (secondary N) is 1. The summed E-state index contributed by atoms with van der Waals surface area (Å²) in [6.07, 6.45) is -0.134. The van der Waals surface area contributed by atoms with E-state index in [2.05, 4.69) is 33.1 Å². The van der Waals surface area contributed by atoms with Crippen LogP contribution >= 0.6 is 15.9 Å². The van der Waals surface area contributed by atoms with Gasteiger partial charge in [0, 0.05) is 23.0 Å². The van der Waals surface area contributed by atoms with Crippen molar-refractivity contribution in [3.05, 3.63) is 69.7 Å². The Morgan fingerprint density at radius 3 is 2.64 bits per heavy atom. The van der Waals surface area contributed by atoms with Crippen LogP contribution in [0.1, 0.15) is 27.9 Å². The van der Waals surface area contributed by atoms with Gasteiger partial charge in [-0.2, -0.15) is 0 Å². The van der Waals surface area contributed by atoms with E-state index in [9.17, 15) is 9.59 Å². The Kier molecular flexibility index (Phi) is 7.05. The molecule has 0 saturated carbocycles. The minimum Gasteiger partial charge on any atom is -0.478 e. The molecule has 128 valence electrons. The van der Waals surface area contributed by atoms with E-state index in [1.165, 1.54) is 6.07 Å². The van der Waals surface area contributed by atoms with Crippen molar-refractivity contribution >= 4 is 28.0 Å². The third-order valence-electron chi connectivity index (χ3n) is 3.17. The number of carbonyl (C=O) groups excluding carboxylic acids is 1. The van der Waals surface area contributed by atoms with Crippen molar-refractivity contribution in [1.82, 2.24) is 5.32 Å². The molecule has 0 aliphatic rings. The maximum Gasteiger partial charge on any atom is 0.407 e. The Bertz CT molecular complexity index is 809. The number of amides is 1. The van der Waals surface area contributed by atoms with Crippen LogP contribution in [0, 0.1) is 11.8 Å². The van der Waals surface area contributed by atoms with Gasteiger partial charge in [0.05, 0.1) is 5.56 Å². The Morgan fingerprint density at radius 1 is 1.16 bits per heavy atom. The minimum atomic E-state index is -1.03. The van der Waals surface area contributed by atoms with E-state index < -0.39 is 12.1 Å². The van der Waals surface area contributed by atoms with E-state index in [1.54, 1.807) is 12.1 Å². The van der Waals surface area contributed by atoms with Crippen LogP contribution in [0.4, 0.5) is 4.79 Å². The predicted molar refractivity (Wildman–Crippen MR) is 97.2 cm³/mol. The van der Waals surface area contributed by atoms with Crippen LogP contribution in [0.15, 0.2) is 53.0 Å². The molecule has 0 saturated heterocycles. The molecule has 0 aliphatic heterocycles. The monoisotopic (exact) mass is 401 g/mol. The normalized spacial score (nSPS) is 9.64. The molecule has 0 spiro atoms. The lowest BCUT2D eigenvalue weighted by Crippen LogP contribution is -2.24. The summed E-state index contributed by atoms with van der Waals surface area (Å²) in [5.41, 5.74) is 1.48. The van der Waals surface area contributed by atoms with Gasteiger partial charge in [0.1, 0.15) is 6.61 Å². The summed E-state index contributed by atoms with van der Waals surface area (Å²) >= 11 is 3.29. The Hall–Kier alpha value is -2.78. The van der Waals surface area contributed by atoms with Crippen molar-refractivity contribution in [2.24, 2.45) is 0 Å². The fourth-order valence-corrected chi connectivity index (χ4v) is 2.33. The number of carboxylic acids is 1. The molecule has 0 bridgehead atoms. The largest absolute Gasteiger partial charge is 0.478 e. The number of rotatable bonds is 5. The second-order valence-electron chi connectivity index (χ2n) is 5.04. The first-order valence-corrected chi connectivity index (χ1v) is 8.32. The van der Waals surface area contributed by atoms with Crippen molar-refractivity contribution in [2.75, 3.05) is 6.54 Å². The number of halogens is 1. The SMILES string of the molecule is O=C(NCCC#Cc1cc(Br)ccc1C(=O)O)OCc1ccccc1. The standard InChI is InChI=1S/C19H16BrNO4/c20-16-9-10-17(18(22)23)15(12-16)8-4-5-11-21-19(24)25-13-14-6-2-1-3-7-14/h1-3,6-7,9-10,12H,5,11,13H2,(H,21,24)(H,22,23). The molecule has 0 radical (unpaired) electrons. The first-order valence-electron chi connectivity index (χ1n) is 7.52. The van der Waals surface area contributed by atoms with Crippen LogP contribution < -0.4 is 5.32 Å². The summed E-state index contributed by atoms with van der Waals surface area (Å²) in [7, 11) is 0. The Morgan fingerprint density at radius 2 is 1.92 bits per heavy atom. The molecule has 6 heteroatoms. The van der Waals surface area contributed by atoms with Crippen LogP contribution in [0.25, 0.3) is 0 Å². The van der Waals surface area contributed by atoms with Crippen molar-refractivity contribution < 1.29 is 19.4 Å². The Balaban J connectivity index is 1.78. The molecular weight excluding hydrogens is 386 g/mol. The summed E-state index contributed by atoms with van der Waals surface area (Å²) in [5, 5.41) is 11.7. The van der Waals surface area contributed by atoms with Crippen LogP contribution in [-0.2, 0) is 11.3 Å². The van der Waals surface area contributed by atoms with Gasteiger partial charge in [-0.1, -0.05) is 58.1 Å². The summed E-state index contributed by atoms with van der Waals surface area (Å²) in [5.74, 6) is 4.63. The summed E-state index contributed by atoms with van der Waals surface area (Å²) < 4.78 is 5.83. The first-order chi connectivity index (χ1) is 12.1. The van der Waals surface area contributed by atoms with Gasteiger partial charge in [0.25, 0.3) is 0 Å². The summed E-state index contributed by atoms with van der Waals surface area (Å²) in [6.45, 7) is 0.523. The molecule has 0 atom stereocenters. The molecule has 25 heavy (non-hydrogen) atoms. The van der Waals surface area contributed by atoms with E-state index in [0.717, 1.165) is 10.0 Å². The molecule has 1 amide bonds. The number of carbonyl (C=O) groups is 2. The van der Waals surface area contributed by atoms with Gasteiger partial charge in [0.15, 0.2) is 0 Å². The smallest absolute Gasteiger partial charge is 0.407 e. The minimum absolute atomic E-state index is 0.144. The molecule has 0 aromatic heterocycles. The van der Waals surface area contributed by atoms with Gasteiger partial charge < -0.3 is 15.2 Å². The van der Waals surface area contributed by atoms with Crippen LogP contribution in [0.3, 0.4) is 0 Å². The fourth-order valence-electron chi connectivity index (χ4n) is 1.97. The van der Waals surface area contributed by atoms with Crippen LogP contribution in [0.2, 0.25) is 0 Å². The number of carboxylic acid groups (broad SMARTS) is 1. The first kappa shape index (κ1) is 18.6. The number of aromatic carboxylic acids is 1. The maximum atomic E-state index is 11.6. The zero-order chi connectivity index (χ0) is 18.1. The molecule has 2 rings (SSSR count). The number of hydrogen-bond acceptors (Lipinski definition) is 3. The van der Waals surface area contributed by atoms with Crippen molar-refractivity contribution in [1.29, 1.82) is 0 Å². The zero-order valence-corrected chi connectivity index (χ0v) is 14.9. The van der Waals surface area contributed by atoms with Gasteiger partial charge in [0.2, 0.25) is 0 Å². The molecule has 0 unspecified atom stereocenters. The van der Waals surface area contributed by atoms with E-state index >= 15 is 0 Å². The zero-order valence-electron chi connectivity index (χ0n) is 13.3. The predicted octanol–water partition coefficient (Wildman–Crippen LogP) is 3.82. The lowest BCUT2D eigenvalue weighted by Gasteiger charge is -2.05. The van der Waals surface area contributed by atoms with Crippen molar-refractivity contribution in [3.63, 3.8) is 0 Å².